The predicted octanol–water partition coefficient (Wildman–Crippen LogP) is 4.06. The maximum atomic E-state index is 12.3. The number of carbonyl (C=O) groups is 2. The number of esters is 1. The lowest BCUT2D eigenvalue weighted by Crippen LogP contribution is -2.24. The molecule has 1 amide bonds. The third-order valence-corrected chi connectivity index (χ3v) is 4.49. The number of amides is 1. The summed E-state index contributed by atoms with van der Waals surface area (Å²) in [6, 6.07) is 19.4. The Bertz CT molecular complexity index is 1130. The first-order chi connectivity index (χ1) is 15.5. The van der Waals surface area contributed by atoms with Gasteiger partial charge in [-0.05, 0) is 61.4 Å². The number of methoxy groups -OCH3 is 1. The molecule has 0 atom stereocenters. The first-order valence-corrected chi connectivity index (χ1v) is 9.93. The minimum Gasteiger partial charge on any atom is -0.493 e. The second kappa shape index (κ2) is 10.8. The molecule has 0 saturated heterocycles. The lowest BCUT2D eigenvalue weighted by atomic mass is 10.1. The van der Waals surface area contributed by atoms with Crippen molar-refractivity contribution in [2.24, 2.45) is 5.10 Å². The van der Waals surface area contributed by atoms with Crippen molar-refractivity contribution in [1.29, 1.82) is 0 Å². The van der Waals surface area contributed by atoms with Gasteiger partial charge in [0.25, 0.3) is 5.91 Å². The number of ether oxygens (including phenoxy) is 3. The Balaban J connectivity index is 1.56. The molecular weight excluding hydrogens is 408 g/mol. The number of nitrogens with one attached hydrogen (secondary N) is 1. The van der Waals surface area contributed by atoms with Crippen LogP contribution in [0.4, 0.5) is 0 Å². The van der Waals surface area contributed by atoms with Gasteiger partial charge >= 0.3 is 5.97 Å². The fraction of sp³-hybridized carbons (Fsp3) is 0.160. The number of hydrogen-bond acceptors (Lipinski definition) is 6. The SMILES string of the molecule is COc1cc(/C=N\NC(=O)COc2ccc(C)cc2C)ccc1OC(=O)c1ccccc1. The van der Waals surface area contributed by atoms with Gasteiger partial charge in [-0.15, -0.1) is 0 Å². The van der Waals surface area contributed by atoms with Crippen LogP contribution in [0.1, 0.15) is 27.0 Å². The van der Waals surface area contributed by atoms with Crippen LogP contribution in [0.2, 0.25) is 0 Å². The van der Waals surface area contributed by atoms with Gasteiger partial charge in [-0.3, -0.25) is 4.79 Å². The summed E-state index contributed by atoms with van der Waals surface area (Å²) in [6.07, 6.45) is 1.46. The van der Waals surface area contributed by atoms with Gasteiger partial charge in [0.05, 0.1) is 18.9 Å². The normalized spacial score (nSPS) is 10.6. The zero-order valence-electron chi connectivity index (χ0n) is 18.1. The smallest absolute Gasteiger partial charge is 0.343 e. The molecule has 0 aliphatic rings. The standard InChI is InChI=1S/C25H24N2O5/c1-17-9-11-21(18(2)13-17)31-16-24(28)27-26-15-19-10-12-22(23(14-19)30-3)32-25(29)20-7-5-4-6-8-20/h4-15H,16H2,1-3H3,(H,27,28)/b26-15-. The van der Waals surface area contributed by atoms with Crippen molar-refractivity contribution in [3.8, 4) is 17.2 Å². The Morgan fingerprint density at radius 2 is 1.69 bits per heavy atom. The van der Waals surface area contributed by atoms with Crippen LogP contribution in [-0.4, -0.2) is 31.8 Å². The summed E-state index contributed by atoms with van der Waals surface area (Å²) >= 11 is 0. The van der Waals surface area contributed by atoms with Gasteiger partial charge in [0.15, 0.2) is 18.1 Å². The van der Waals surface area contributed by atoms with Gasteiger partial charge in [-0.25, -0.2) is 10.2 Å². The Morgan fingerprint density at radius 3 is 2.41 bits per heavy atom. The molecule has 0 aromatic heterocycles. The van der Waals surface area contributed by atoms with Gasteiger partial charge in [0.1, 0.15) is 5.75 Å². The second-order valence-electron chi connectivity index (χ2n) is 7.02. The van der Waals surface area contributed by atoms with Crippen molar-refractivity contribution in [3.63, 3.8) is 0 Å². The lowest BCUT2D eigenvalue weighted by molar-refractivity contribution is -0.123. The second-order valence-corrected chi connectivity index (χ2v) is 7.02. The molecule has 0 unspecified atom stereocenters. The van der Waals surface area contributed by atoms with Crippen LogP contribution in [-0.2, 0) is 4.79 Å². The van der Waals surface area contributed by atoms with E-state index < -0.39 is 5.97 Å². The zero-order chi connectivity index (χ0) is 22.9. The van der Waals surface area contributed by atoms with E-state index in [-0.39, 0.29) is 18.3 Å². The lowest BCUT2D eigenvalue weighted by Gasteiger charge is -2.10. The number of carbonyl (C=O) groups excluding carboxylic acids is 2. The van der Waals surface area contributed by atoms with Gasteiger partial charge in [0, 0.05) is 0 Å². The van der Waals surface area contributed by atoms with Crippen LogP contribution < -0.4 is 19.6 Å². The highest BCUT2D eigenvalue weighted by atomic mass is 16.6. The fourth-order valence-corrected chi connectivity index (χ4v) is 2.90. The minimum atomic E-state index is -0.485. The molecule has 0 saturated carbocycles. The van der Waals surface area contributed by atoms with Gasteiger partial charge < -0.3 is 14.2 Å². The highest BCUT2D eigenvalue weighted by molar-refractivity contribution is 5.91. The molecule has 164 valence electrons. The van der Waals surface area contributed by atoms with Gasteiger partial charge in [-0.2, -0.15) is 5.10 Å². The van der Waals surface area contributed by atoms with E-state index in [9.17, 15) is 9.59 Å². The number of aryl methyl sites for hydroxylation is 2. The van der Waals surface area contributed by atoms with Crippen molar-refractivity contribution in [3.05, 3.63) is 89.0 Å². The van der Waals surface area contributed by atoms with Crippen LogP contribution in [0.5, 0.6) is 17.2 Å². The molecule has 3 rings (SSSR count). The molecule has 0 radical (unpaired) electrons. The largest absolute Gasteiger partial charge is 0.493 e. The van der Waals surface area contributed by atoms with Crippen molar-refractivity contribution in [2.75, 3.05) is 13.7 Å². The molecule has 3 aromatic rings. The number of hydrazone groups is 1. The molecule has 0 aliphatic carbocycles. The quantitative estimate of drug-likeness (QED) is 0.251. The average molecular weight is 432 g/mol. The molecule has 7 nitrogen and oxygen atoms in total. The van der Waals surface area contributed by atoms with Crippen molar-refractivity contribution >= 4 is 18.1 Å². The first-order valence-electron chi connectivity index (χ1n) is 9.93. The summed E-state index contributed by atoms with van der Waals surface area (Å²) in [7, 11) is 1.47. The Morgan fingerprint density at radius 1 is 0.938 bits per heavy atom. The van der Waals surface area contributed by atoms with Crippen molar-refractivity contribution in [1.82, 2.24) is 5.43 Å². The topological polar surface area (TPSA) is 86.2 Å². The number of benzene rings is 3. The average Bonchev–Trinajstić information content (AvgIpc) is 2.80. The Labute approximate surface area is 186 Å². The van der Waals surface area contributed by atoms with Crippen LogP contribution in [0.25, 0.3) is 0 Å². The Kier molecular flexibility index (Phi) is 7.59. The fourth-order valence-electron chi connectivity index (χ4n) is 2.90. The van der Waals surface area contributed by atoms with E-state index in [0.29, 0.717) is 22.6 Å². The van der Waals surface area contributed by atoms with E-state index in [2.05, 4.69) is 10.5 Å². The summed E-state index contributed by atoms with van der Waals surface area (Å²) < 4.78 is 16.3. The molecule has 0 bridgehead atoms. The maximum absolute atomic E-state index is 12.3. The highest BCUT2D eigenvalue weighted by Crippen LogP contribution is 2.28. The van der Waals surface area contributed by atoms with E-state index in [1.54, 1.807) is 42.5 Å². The minimum absolute atomic E-state index is 0.154. The first kappa shape index (κ1) is 22.6. The molecule has 0 spiro atoms. The van der Waals surface area contributed by atoms with E-state index in [0.717, 1.165) is 11.1 Å². The van der Waals surface area contributed by atoms with E-state index >= 15 is 0 Å². The van der Waals surface area contributed by atoms with E-state index in [1.807, 2.05) is 38.1 Å². The van der Waals surface area contributed by atoms with Crippen molar-refractivity contribution in [2.45, 2.75) is 13.8 Å². The molecule has 32 heavy (non-hydrogen) atoms. The number of hydrogen-bond donors (Lipinski definition) is 1. The summed E-state index contributed by atoms with van der Waals surface area (Å²) in [6.45, 7) is 3.76. The molecule has 3 aromatic carbocycles. The number of rotatable bonds is 8. The van der Waals surface area contributed by atoms with Crippen LogP contribution in [0.15, 0.2) is 71.8 Å². The predicted molar refractivity (Wildman–Crippen MR) is 122 cm³/mol. The molecular formula is C25H24N2O5. The molecule has 0 heterocycles. The summed E-state index contributed by atoms with van der Waals surface area (Å²) in [5.41, 5.74) is 5.59. The third kappa shape index (κ3) is 6.18. The van der Waals surface area contributed by atoms with Gasteiger partial charge in [0.2, 0.25) is 0 Å². The van der Waals surface area contributed by atoms with E-state index in [4.69, 9.17) is 14.2 Å². The summed E-state index contributed by atoms with van der Waals surface area (Å²) in [5.74, 6) is 0.426. The van der Waals surface area contributed by atoms with Crippen LogP contribution in [0.3, 0.4) is 0 Å². The summed E-state index contributed by atoms with van der Waals surface area (Å²) in [4.78, 5) is 24.2. The van der Waals surface area contributed by atoms with Crippen molar-refractivity contribution < 1.29 is 23.8 Å². The number of nitrogens with zero attached hydrogens (tertiary/aromatic N) is 1. The zero-order valence-corrected chi connectivity index (χ0v) is 18.1. The monoisotopic (exact) mass is 432 g/mol. The third-order valence-electron chi connectivity index (χ3n) is 4.49. The van der Waals surface area contributed by atoms with Crippen LogP contribution in [0, 0.1) is 13.8 Å². The molecule has 0 fully saturated rings. The van der Waals surface area contributed by atoms with E-state index in [1.165, 1.54) is 13.3 Å². The van der Waals surface area contributed by atoms with Gasteiger partial charge in [-0.1, -0.05) is 35.9 Å². The molecule has 0 aliphatic heterocycles. The summed E-state index contributed by atoms with van der Waals surface area (Å²) in [5, 5.41) is 3.94. The van der Waals surface area contributed by atoms with Crippen LogP contribution >= 0.6 is 0 Å². The molecule has 7 heteroatoms. The highest BCUT2D eigenvalue weighted by Gasteiger charge is 2.12. The maximum Gasteiger partial charge on any atom is 0.343 e. The molecule has 1 N–H and O–H groups in total. The Hall–Kier alpha value is -4.13.